The number of amides is 2. The third-order valence-corrected chi connectivity index (χ3v) is 5.48. The molecule has 2 heterocycles. The topological polar surface area (TPSA) is 150 Å². The van der Waals surface area contributed by atoms with Gasteiger partial charge in [0, 0.05) is 22.2 Å². The summed E-state index contributed by atoms with van der Waals surface area (Å²) < 4.78 is 0. The van der Waals surface area contributed by atoms with Crippen LogP contribution >= 0.6 is 0 Å². The number of nitrogens with zero attached hydrogens (tertiary/aromatic N) is 1. The van der Waals surface area contributed by atoms with Gasteiger partial charge < -0.3 is 21.1 Å². The van der Waals surface area contributed by atoms with Gasteiger partial charge >= 0.3 is 5.97 Å². The van der Waals surface area contributed by atoms with Gasteiger partial charge in [-0.2, -0.15) is 5.10 Å². The van der Waals surface area contributed by atoms with Crippen LogP contribution in [0.1, 0.15) is 58.5 Å². The number of hydrazone groups is 1. The zero-order chi connectivity index (χ0) is 19.8. The fourth-order valence-corrected chi connectivity index (χ4v) is 4.06. The third kappa shape index (κ3) is 3.13. The van der Waals surface area contributed by atoms with Crippen molar-refractivity contribution >= 4 is 40.6 Å². The lowest BCUT2D eigenvalue weighted by molar-refractivity contribution is -0.118. The molecule has 6 N–H and O–H groups in total. The molecule has 1 unspecified atom stereocenters. The molecule has 1 saturated carbocycles. The number of aromatic nitrogens is 1. The number of carboxylic acid groups (broad SMARTS) is 1. The maximum Gasteiger partial charge on any atom is 0.353 e. The summed E-state index contributed by atoms with van der Waals surface area (Å²) in [6.07, 6.45) is 6.48. The van der Waals surface area contributed by atoms with Gasteiger partial charge in [0.05, 0.1) is 17.8 Å². The maximum absolute atomic E-state index is 12.6. The number of carbonyl (C=O) groups excluding carboxylic acids is 2. The molecular weight excluding hydrogens is 362 g/mol. The monoisotopic (exact) mass is 383 g/mol. The van der Waals surface area contributed by atoms with Gasteiger partial charge in [-0.05, 0) is 30.9 Å². The standard InChI is InChI=1S/C19H21N5O4/c20-15(9-4-2-1-3-5-9)18(26)22-10-6-11-14-12(8-21-24-17(11)25)16(19(27)28)23-13(14)7-10/h6-9,15,23H,1-5,20H2,(H,22,26)(H,24,25)(H,27,28). The Labute approximate surface area is 160 Å². The summed E-state index contributed by atoms with van der Waals surface area (Å²) in [5, 5.41) is 16.4. The molecule has 1 aromatic heterocycles. The number of H-pyrrole nitrogens is 1. The average Bonchev–Trinajstić information content (AvgIpc) is 2.97. The number of anilines is 1. The van der Waals surface area contributed by atoms with Crippen LogP contribution in [0, 0.1) is 5.92 Å². The number of hydrogen-bond acceptors (Lipinski definition) is 5. The number of nitrogens with one attached hydrogen (secondary N) is 3. The Balaban J connectivity index is 1.69. The number of carboxylic acids is 1. The first-order chi connectivity index (χ1) is 13.5. The SMILES string of the molecule is NC(C(=O)Nc1cc2c3c(c(C(=O)O)[nH]c3c1)C=NNC2=O)C1CCCCC1. The van der Waals surface area contributed by atoms with E-state index in [-0.39, 0.29) is 23.1 Å². The Hall–Kier alpha value is -3.20. The van der Waals surface area contributed by atoms with Crippen LogP contribution in [0.25, 0.3) is 10.9 Å². The molecule has 2 aliphatic rings. The number of nitrogens with two attached hydrogens (primary N) is 1. The summed E-state index contributed by atoms with van der Waals surface area (Å²) >= 11 is 0. The molecule has 0 spiro atoms. The van der Waals surface area contributed by atoms with Crippen LogP contribution in [0.5, 0.6) is 0 Å². The Morgan fingerprint density at radius 2 is 2.00 bits per heavy atom. The molecule has 28 heavy (non-hydrogen) atoms. The van der Waals surface area contributed by atoms with E-state index in [1.165, 1.54) is 18.7 Å². The van der Waals surface area contributed by atoms with Crippen molar-refractivity contribution in [3.05, 3.63) is 29.0 Å². The van der Waals surface area contributed by atoms with Gasteiger partial charge in [0.15, 0.2) is 0 Å². The molecule has 1 aliphatic carbocycles. The van der Waals surface area contributed by atoms with Crippen LogP contribution in [-0.2, 0) is 4.79 Å². The minimum absolute atomic E-state index is 0.0705. The molecule has 1 atom stereocenters. The van der Waals surface area contributed by atoms with Gasteiger partial charge in [-0.25, -0.2) is 10.2 Å². The second-order valence-electron chi connectivity index (χ2n) is 7.28. The van der Waals surface area contributed by atoms with Gasteiger partial charge in [0.25, 0.3) is 5.91 Å². The molecule has 9 nitrogen and oxygen atoms in total. The smallest absolute Gasteiger partial charge is 0.353 e. The molecule has 9 heteroatoms. The van der Waals surface area contributed by atoms with Crippen molar-refractivity contribution in [1.82, 2.24) is 10.4 Å². The quantitative estimate of drug-likeness (QED) is 0.545. The van der Waals surface area contributed by atoms with Crippen molar-refractivity contribution in [1.29, 1.82) is 0 Å². The second kappa shape index (κ2) is 7.08. The van der Waals surface area contributed by atoms with Crippen LogP contribution in [0.4, 0.5) is 5.69 Å². The second-order valence-corrected chi connectivity index (χ2v) is 7.28. The molecular formula is C19H21N5O4. The van der Waals surface area contributed by atoms with Gasteiger partial charge in [0.2, 0.25) is 5.91 Å². The summed E-state index contributed by atoms with van der Waals surface area (Å²) in [6.45, 7) is 0. The Morgan fingerprint density at radius 3 is 2.71 bits per heavy atom. The highest BCUT2D eigenvalue weighted by Gasteiger charge is 2.28. The van der Waals surface area contributed by atoms with E-state index in [9.17, 15) is 19.5 Å². The predicted octanol–water partition coefficient (Wildman–Crippen LogP) is 1.79. The van der Waals surface area contributed by atoms with Gasteiger partial charge in [0.1, 0.15) is 5.69 Å². The number of aromatic carboxylic acids is 1. The fraction of sp³-hybridized carbons (Fsp3) is 0.368. The lowest BCUT2D eigenvalue weighted by atomic mass is 9.84. The van der Waals surface area contributed by atoms with Crippen LogP contribution < -0.4 is 16.5 Å². The normalized spacial score (nSPS) is 17.8. The van der Waals surface area contributed by atoms with Gasteiger partial charge in [-0.3, -0.25) is 9.59 Å². The largest absolute Gasteiger partial charge is 0.477 e. The van der Waals surface area contributed by atoms with E-state index >= 15 is 0 Å². The minimum Gasteiger partial charge on any atom is -0.477 e. The summed E-state index contributed by atoms with van der Waals surface area (Å²) in [5.74, 6) is -1.81. The first-order valence-electron chi connectivity index (χ1n) is 9.28. The van der Waals surface area contributed by atoms with Crippen LogP contribution in [0.3, 0.4) is 0 Å². The third-order valence-electron chi connectivity index (χ3n) is 5.48. The summed E-state index contributed by atoms with van der Waals surface area (Å²) in [7, 11) is 0. The average molecular weight is 383 g/mol. The van der Waals surface area contributed by atoms with Crippen molar-refractivity contribution in [2.75, 3.05) is 5.32 Å². The Kier molecular flexibility index (Phi) is 4.60. The lowest BCUT2D eigenvalue weighted by Gasteiger charge is -2.26. The molecule has 146 valence electrons. The minimum atomic E-state index is -1.16. The van der Waals surface area contributed by atoms with Crippen LogP contribution in [0.2, 0.25) is 0 Å². The highest BCUT2D eigenvalue weighted by atomic mass is 16.4. The van der Waals surface area contributed by atoms with Crippen molar-refractivity contribution in [2.24, 2.45) is 16.8 Å². The fourth-order valence-electron chi connectivity index (χ4n) is 4.06. The Morgan fingerprint density at radius 1 is 1.25 bits per heavy atom. The van der Waals surface area contributed by atoms with E-state index in [0.717, 1.165) is 25.7 Å². The molecule has 1 aliphatic heterocycles. The number of carbonyl (C=O) groups is 3. The molecule has 1 aromatic carbocycles. The van der Waals surface area contributed by atoms with Crippen molar-refractivity contribution < 1.29 is 19.5 Å². The van der Waals surface area contributed by atoms with Gasteiger partial charge in [-0.1, -0.05) is 19.3 Å². The van der Waals surface area contributed by atoms with Crippen LogP contribution in [-0.4, -0.2) is 40.1 Å². The van der Waals surface area contributed by atoms with Crippen LogP contribution in [0.15, 0.2) is 17.2 Å². The zero-order valence-corrected chi connectivity index (χ0v) is 15.1. The first kappa shape index (κ1) is 18.2. The highest BCUT2D eigenvalue weighted by molar-refractivity contribution is 6.19. The first-order valence-corrected chi connectivity index (χ1v) is 9.28. The maximum atomic E-state index is 12.6. The van der Waals surface area contributed by atoms with E-state index in [2.05, 4.69) is 20.8 Å². The number of rotatable bonds is 4. The zero-order valence-electron chi connectivity index (χ0n) is 15.1. The molecule has 2 amide bonds. The molecule has 0 saturated heterocycles. The number of aromatic amines is 1. The van der Waals surface area contributed by atoms with Gasteiger partial charge in [-0.15, -0.1) is 0 Å². The summed E-state index contributed by atoms with van der Waals surface area (Å²) in [4.78, 5) is 39.3. The molecule has 0 bridgehead atoms. The van der Waals surface area contributed by atoms with E-state index in [1.54, 1.807) is 6.07 Å². The lowest BCUT2D eigenvalue weighted by Crippen LogP contribution is -2.42. The number of hydrogen-bond donors (Lipinski definition) is 5. The highest BCUT2D eigenvalue weighted by Crippen LogP contribution is 2.31. The Bertz CT molecular complexity index is 1000. The summed E-state index contributed by atoms with van der Waals surface area (Å²) in [5.41, 5.74) is 9.78. The molecule has 1 fully saturated rings. The van der Waals surface area contributed by atoms with E-state index in [4.69, 9.17) is 5.73 Å². The van der Waals surface area contributed by atoms with E-state index in [0.29, 0.717) is 22.2 Å². The van der Waals surface area contributed by atoms with Crippen molar-refractivity contribution in [3.8, 4) is 0 Å². The van der Waals surface area contributed by atoms with E-state index in [1.807, 2.05) is 0 Å². The molecule has 0 radical (unpaired) electrons. The molecule has 4 rings (SSSR count). The molecule has 2 aromatic rings. The number of benzene rings is 1. The van der Waals surface area contributed by atoms with E-state index < -0.39 is 17.9 Å². The predicted molar refractivity (Wildman–Crippen MR) is 103 cm³/mol. The van der Waals surface area contributed by atoms with Crippen molar-refractivity contribution in [2.45, 2.75) is 38.1 Å². The van der Waals surface area contributed by atoms with Crippen molar-refractivity contribution in [3.63, 3.8) is 0 Å². The summed E-state index contributed by atoms with van der Waals surface area (Å²) in [6, 6.07) is 2.49.